The molecule has 2 amide bonds. The average Bonchev–Trinajstić information content (AvgIpc) is 2.72. The van der Waals surface area contributed by atoms with Crippen molar-refractivity contribution in [1.82, 2.24) is 5.32 Å². The molecule has 9 nitrogen and oxygen atoms in total. The van der Waals surface area contributed by atoms with E-state index in [1.54, 1.807) is 30.3 Å². The number of nitrogens with two attached hydrogens (primary N) is 1. The topological polar surface area (TPSA) is 145 Å². The fourth-order valence-electron chi connectivity index (χ4n) is 2.53. The Kier molecular flexibility index (Phi) is 8.07. The first-order valence-corrected chi connectivity index (χ1v) is 10.7. The fraction of sp³-hybridized carbons (Fsp3) is 0.250. The molecule has 0 bridgehead atoms. The van der Waals surface area contributed by atoms with E-state index in [0.29, 0.717) is 24.1 Å². The monoisotopic (exact) mass is 433 g/mol. The van der Waals surface area contributed by atoms with Crippen molar-refractivity contribution in [2.75, 3.05) is 11.9 Å². The third-order valence-electron chi connectivity index (χ3n) is 4.02. The van der Waals surface area contributed by atoms with Gasteiger partial charge in [0.2, 0.25) is 10.0 Å². The second kappa shape index (κ2) is 10.5. The number of rotatable bonds is 9. The van der Waals surface area contributed by atoms with E-state index in [2.05, 4.69) is 10.6 Å². The highest BCUT2D eigenvalue weighted by molar-refractivity contribution is 7.89. The van der Waals surface area contributed by atoms with Crippen molar-refractivity contribution in [2.24, 2.45) is 5.14 Å². The molecule has 0 radical (unpaired) electrons. The lowest BCUT2D eigenvalue weighted by molar-refractivity contribution is -0.149. The number of hydrogen-bond acceptors (Lipinski definition) is 6. The zero-order chi connectivity index (χ0) is 22.1. The number of primary sulfonamides is 1. The Hall–Kier alpha value is -3.24. The molecule has 0 aliphatic heterocycles. The molecular weight excluding hydrogens is 410 g/mol. The van der Waals surface area contributed by atoms with Crippen LogP contribution in [0, 0.1) is 0 Å². The van der Waals surface area contributed by atoms with Gasteiger partial charge in [-0.05, 0) is 42.8 Å². The molecule has 10 heteroatoms. The third kappa shape index (κ3) is 6.98. The molecule has 0 saturated heterocycles. The number of benzene rings is 2. The van der Waals surface area contributed by atoms with E-state index in [0.717, 1.165) is 0 Å². The molecule has 0 heterocycles. The predicted molar refractivity (Wildman–Crippen MR) is 110 cm³/mol. The molecule has 0 saturated carbocycles. The van der Waals surface area contributed by atoms with E-state index >= 15 is 0 Å². The van der Waals surface area contributed by atoms with Gasteiger partial charge >= 0.3 is 5.97 Å². The predicted octanol–water partition coefficient (Wildman–Crippen LogP) is 1.41. The molecule has 0 spiro atoms. The first-order chi connectivity index (χ1) is 14.2. The highest BCUT2D eigenvalue weighted by Gasteiger charge is 2.23. The maximum Gasteiger partial charge on any atom is 0.329 e. The molecule has 0 aliphatic carbocycles. The number of sulfonamides is 1. The van der Waals surface area contributed by atoms with Gasteiger partial charge < -0.3 is 15.4 Å². The quantitative estimate of drug-likeness (QED) is 0.510. The van der Waals surface area contributed by atoms with Gasteiger partial charge in [-0.3, -0.25) is 9.59 Å². The average molecular weight is 433 g/mol. The summed E-state index contributed by atoms with van der Waals surface area (Å²) in [5.74, 6) is -1.75. The zero-order valence-electron chi connectivity index (χ0n) is 16.3. The minimum atomic E-state index is -3.83. The standard InChI is InChI=1S/C20H23N3O6S/c1-2-6-17(23-19(25)14-7-4-3-5-8-14)20(26)29-13-18(24)22-15-9-11-16(12-10-15)30(21,27)28/h3-5,7-12,17H,2,6,13H2,1H3,(H,22,24)(H,23,25)(H2,21,27,28)/t17-/m1/s1. The molecule has 0 unspecified atom stereocenters. The normalized spacial score (nSPS) is 11.9. The first kappa shape index (κ1) is 23.0. The van der Waals surface area contributed by atoms with Crippen LogP contribution in [0.4, 0.5) is 5.69 Å². The van der Waals surface area contributed by atoms with Crippen molar-refractivity contribution >= 4 is 33.5 Å². The molecule has 0 fully saturated rings. The van der Waals surface area contributed by atoms with Gasteiger partial charge in [0.05, 0.1) is 4.90 Å². The summed E-state index contributed by atoms with van der Waals surface area (Å²) in [6.45, 7) is 1.30. The molecule has 30 heavy (non-hydrogen) atoms. The molecule has 2 rings (SSSR count). The molecule has 0 aromatic heterocycles. The summed E-state index contributed by atoms with van der Waals surface area (Å²) in [6.07, 6.45) is 0.978. The molecule has 160 valence electrons. The molecular formula is C20H23N3O6S. The van der Waals surface area contributed by atoms with Crippen LogP contribution in [0.25, 0.3) is 0 Å². The molecule has 2 aromatic rings. The summed E-state index contributed by atoms with van der Waals surface area (Å²) < 4.78 is 27.5. The molecule has 2 aromatic carbocycles. The summed E-state index contributed by atoms with van der Waals surface area (Å²) in [5.41, 5.74) is 0.720. The molecule has 1 atom stereocenters. The summed E-state index contributed by atoms with van der Waals surface area (Å²) >= 11 is 0. The molecule has 4 N–H and O–H groups in total. The number of esters is 1. The van der Waals surface area contributed by atoms with Gasteiger partial charge in [0, 0.05) is 11.3 Å². The van der Waals surface area contributed by atoms with E-state index in [1.165, 1.54) is 24.3 Å². The van der Waals surface area contributed by atoms with Gasteiger partial charge in [0.25, 0.3) is 11.8 Å². The van der Waals surface area contributed by atoms with Crippen LogP contribution in [0.2, 0.25) is 0 Å². The Bertz CT molecular complexity index is 991. The van der Waals surface area contributed by atoms with Crippen LogP contribution in [0.15, 0.2) is 59.5 Å². The lowest BCUT2D eigenvalue weighted by Gasteiger charge is -2.17. The maximum absolute atomic E-state index is 12.3. The van der Waals surface area contributed by atoms with E-state index in [1.807, 2.05) is 6.92 Å². The van der Waals surface area contributed by atoms with E-state index in [-0.39, 0.29) is 4.90 Å². The van der Waals surface area contributed by atoms with Crippen molar-refractivity contribution < 1.29 is 27.5 Å². The van der Waals surface area contributed by atoms with Crippen LogP contribution in [0.3, 0.4) is 0 Å². The Labute approximate surface area is 174 Å². The van der Waals surface area contributed by atoms with E-state index in [4.69, 9.17) is 9.88 Å². The van der Waals surface area contributed by atoms with E-state index in [9.17, 15) is 22.8 Å². The Morgan fingerprint density at radius 1 is 1.03 bits per heavy atom. The number of carbonyl (C=O) groups is 3. The van der Waals surface area contributed by atoms with Crippen LogP contribution in [0.5, 0.6) is 0 Å². The second-order valence-corrected chi connectivity index (χ2v) is 7.97. The summed E-state index contributed by atoms with van der Waals surface area (Å²) in [6, 6.07) is 12.8. The van der Waals surface area contributed by atoms with Crippen molar-refractivity contribution in [3.05, 3.63) is 60.2 Å². The SMILES string of the molecule is CCC[C@@H](NC(=O)c1ccccc1)C(=O)OCC(=O)Nc1ccc(S(N)(=O)=O)cc1. The Morgan fingerprint density at radius 3 is 2.23 bits per heavy atom. The lowest BCUT2D eigenvalue weighted by atomic mass is 10.1. The summed E-state index contributed by atoms with van der Waals surface area (Å²) in [7, 11) is -3.83. The van der Waals surface area contributed by atoms with Gasteiger partial charge in [-0.2, -0.15) is 0 Å². The summed E-state index contributed by atoms with van der Waals surface area (Å²) in [5, 5.41) is 10.1. The van der Waals surface area contributed by atoms with Gasteiger partial charge in [0.15, 0.2) is 6.61 Å². The minimum absolute atomic E-state index is 0.0940. The Morgan fingerprint density at radius 2 is 1.67 bits per heavy atom. The number of hydrogen-bond donors (Lipinski definition) is 3. The van der Waals surface area contributed by atoms with Gasteiger partial charge in [-0.1, -0.05) is 31.5 Å². The van der Waals surface area contributed by atoms with Crippen LogP contribution in [-0.2, 0) is 24.3 Å². The van der Waals surface area contributed by atoms with Crippen LogP contribution in [-0.4, -0.2) is 38.9 Å². The second-order valence-electron chi connectivity index (χ2n) is 6.41. The minimum Gasteiger partial charge on any atom is -0.454 e. The van der Waals surface area contributed by atoms with Crippen molar-refractivity contribution in [2.45, 2.75) is 30.7 Å². The largest absolute Gasteiger partial charge is 0.454 e. The van der Waals surface area contributed by atoms with Crippen molar-refractivity contribution in [1.29, 1.82) is 0 Å². The maximum atomic E-state index is 12.3. The van der Waals surface area contributed by atoms with Crippen LogP contribution < -0.4 is 15.8 Å². The Balaban J connectivity index is 1.89. The number of nitrogens with one attached hydrogen (secondary N) is 2. The number of anilines is 1. The smallest absolute Gasteiger partial charge is 0.329 e. The number of ether oxygens (including phenoxy) is 1. The van der Waals surface area contributed by atoms with Gasteiger partial charge in [0.1, 0.15) is 6.04 Å². The van der Waals surface area contributed by atoms with E-state index < -0.39 is 40.5 Å². The van der Waals surface area contributed by atoms with Crippen molar-refractivity contribution in [3.8, 4) is 0 Å². The number of carbonyl (C=O) groups excluding carboxylic acids is 3. The summed E-state index contributed by atoms with van der Waals surface area (Å²) in [4.78, 5) is 36.5. The highest BCUT2D eigenvalue weighted by atomic mass is 32.2. The molecule has 0 aliphatic rings. The first-order valence-electron chi connectivity index (χ1n) is 9.16. The van der Waals surface area contributed by atoms with Crippen molar-refractivity contribution in [3.63, 3.8) is 0 Å². The lowest BCUT2D eigenvalue weighted by Crippen LogP contribution is -2.42. The number of amides is 2. The van der Waals surface area contributed by atoms with Gasteiger partial charge in [-0.15, -0.1) is 0 Å². The highest BCUT2D eigenvalue weighted by Crippen LogP contribution is 2.12. The zero-order valence-corrected chi connectivity index (χ0v) is 17.1. The van der Waals surface area contributed by atoms with Crippen LogP contribution >= 0.6 is 0 Å². The van der Waals surface area contributed by atoms with Gasteiger partial charge in [-0.25, -0.2) is 18.4 Å². The fourth-order valence-corrected chi connectivity index (χ4v) is 3.05. The van der Waals surface area contributed by atoms with Crippen LogP contribution in [0.1, 0.15) is 30.1 Å². The third-order valence-corrected chi connectivity index (χ3v) is 4.94.